The molecule has 1 aromatic rings. The summed E-state index contributed by atoms with van der Waals surface area (Å²) < 4.78 is 10.4. The zero-order valence-electron chi connectivity index (χ0n) is 11.6. The molecule has 1 aromatic carbocycles. The molecule has 114 valence electrons. The van der Waals surface area contributed by atoms with Crippen LogP contribution >= 0.6 is 23.2 Å². The predicted molar refractivity (Wildman–Crippen MR) is 79.2 cm³/mol. The molecule has 2 rings (SSSR count). The number of ether oxygens (including phenoxy) is 2. The standard InChI is InChI=1S/C14H15Cl2NO4/c1-7(15)13(18)17-6-10-4-8-3-9(14(19)20-2)5-11(16)12(8)21-10/h3,5,7,10H,4,6H2,1-2H3,(H,17,18). The van der Waals surface area contributed by atoms with Gasteiger partial charge in [-0.25, -0.2) is 4.79 Å². The van der Waals surface area contributed by atoms with Crippen molar-refractivity contribution in [1.82, 2.24) is 5.32 Å². The first kappa shape index (κ1) is 15.9. The van der Waals surface area contributed by atoms with Crippen LogP contribution in [0.15, 0.2) is 12.1 Å². The summed E-state index contributed by atoms with van der Waals surface area (Å²) in [4.78, 5) is 23.0. The molecule has 2 unspecified atom stereocenters. The van der Waals surface area contributed by atoms with E-state index >= 15 is 0 Å². The maximum Gasteiger partial charge on any atom is 0.337 e. The Hall–Kier alpha value is -1.46. The molecule has 0 radical (unpaired) electrons. The Bertz CT molecular complexity index is 574. The molecule has 1 aliphatic heterocycles. The number of benzene rings is 1. The van der Waals surface area contributed by atoms with Gasteiger partial charge < -0.3 is 14.8 Å². The number of esters is 1. The second kappa shape index (κ2) is 6.54. The summed E-state index contributed by atoms with van der Waals surface area (Å²) in [6.07, 6.45) is 0.321. The molecule has 21 heavy (non-hydrogen) atoms. The maximum absolute atomic E-state index is 11.5. The molecule has 0 fully saturated rings. The summed E-state index contributed by atoms with van der Waals surface area (Å²) in [5.41, 5.74) is 1.20. The Morgan fingerprint density at radius 1 is 1.52 bits per heavy atom. The van der Waals surface area contributed by atoms with E-state index in [0.717, 1.165) is 5.56 Å². The Labute approximate surface area is 132 Å². The van der Waals surface area contributed by atoms with Crippen molar-refractivity contribution in [3.8, 4) is 5.75 Å². The second-order valence-electron chi connectivity index (χ2n) is 4.74. The van der Waals surface area contributed by atoms with Gasteiger partial charge >= 0.3 is 5.97 Å². The molecule has 7 heteroatoms. The zero-order chi connectivity index (χ0) is 15.6. The molecule has 1 amide bonds. The lowest BCUT2D eigenvalue weighted by Gasteiger charge is -2.13. The number of amides is 1. The van der Waals surface area contributed by atoms with Crippen molar-refractivity contribution < 1.29 is 19.1 Å². The van der Waals surface area contributed by atoms with Crippen LogP contribution in [0.3, 0.4) is 0 Å². The Balaban J connectivity index is 2.07. The normalized spacial score (nSPS) is 17.6. The summed E-state index contributed by atoms with van der Waals surface area (Å²) in [5, 5.41) is 2.46. The number of halogens is 2. The number of carbonyl (C=O) groups excluding carboxylic acids is 2. The third-order valence-electron chi connectivity index (χ3n) is 3.14. The first-order valence-electron chi connectivity index (χ1n) is 6.41. The first-order chi connectivity index (χ1) is 9.92. The van der Waals surface area contributed by atoms with Crippen LogP contribution in [0.5, 0.6) is 5.75 Å². The quantitative estimate of drug-likeness (QED) is 0.678. The molecule has 0 bridgehead atoms. The molecular formula is C14H15Cl2NO4. The number of carbonyl (C=O) groups is 2. The highest BCUT2D eigenvalue weighted by molar-refractivity contribution is 6.32. The number of hydrogen-bond donors (Lipinski definition) is 1. The average Bonchev–Trinajstić information content (AvgIpc) is 2.87. The Morgan fingerprint density at radius 3 is 2.86 bits per heavy atom. The van der Waals surface area contributed by atoms with Gasteiger partial charge in [-0.3, -0.25) is 4.79 Å². The molecule has 1 heterocycles. The third kappa shape index (κ3) is 3.60. The van der Waals surface area contributed by atoms with Crippen molar-refractivity contribution in [2.75, 3.05) is 13.7 Å². The fourth-order valence-electron chi connectivity index (χ4n) is 2.09. The number of methoxy groups -OCH3 is 1. The van der Waals surface area contributed by atoms with Crippen molar-refractivity contribution in [3.05, 3.63) is 28.3 Å². The van der Waals surface area contributed by atoms with E-state index in [-0.39, 0.29) is 12.0 Å². The lowest BCUT2D eigenvalue weighted by molar-refractivity contribution is -0.120. The van der Waals surface area contributed by atoms with Gasteiger partial charge in [-0.05, 0) is 19.1 Å². The molecule has 0 aliphatic carbocycles. The van der Waals surface area contributed by atoms with Crippen LogP contribution < -0.4 is 10.1 Å². The van der Waals surface area contributed by atoms with Crippen LogP contribution in [0.25, 0.3) is 0 Å². The van der Waals surface area contributed by atoms with Crippen LogP contribution in [-0.2, 0) is 16.0 Å². The monoisotopic (exact) mass is 331 g/mol. The minimum atomic E-state index is -0.594. The Morgan fingerprint density at radius 2 is 2.24 bits per heavy atom. The van der Waals surface area contributed by atoms with Gasteiger partial charge in [0, 0.05) is 12.0 Å². The van der Waals surface area contributed by atoms with Crippen LogP contribution in [0.2, 0.25) is 5.02 Å². The second-order valence-corrected chi connectivity index (χ2v) is 5.80. The van der Waals surface area contributed by atoms with Crippen molar-refractivity contribution >= 4 is 35.1 Å². The van der Waals surface area contributed by atoms with Gasteiger partial charge in [0.25, 0.3) is 0 Å². The van der Waals surface area contributed by atoms with Crippen LogP contribution in [0.1, 0.15) is 22.8 Å². The lowest BCUT2D eigenvalue weighted by atomic mass is 10.1. The predicted octanol–water partition coefficient (Wildman–Crippen LogP) is 2.17. The van der Waals surface area contributed by atoms with Crippen LogP contribution in [-0.4, -0.2) is 37.0 Å². The Kier molecular flexibility index (Phi) is 4.96. The number of hydrogen-bond acceptors (Lipinski definition) is 4. The molecule has 0 saturated carbocycles. The molecule has 0 spiro atoms. The van der Waals surface area contributed by atoms with E-state index in [1.54, 1.807) is 13.0 Å². The molecule has 2 atom stereocenters. The largest absolute Gasteiger partial charge is 0.486 e. The molecule has 0 saturated heterocycles. The van der Waals surface area contributed by atoms with E-state index in [9.17, 15) is 9.59 Å². The van der Waals surface area contributed by atoms with Gasteiger partial charge in [0.05, 0.1) is 24.2 Å². The summed E-state index contributed by atoms with van der Waals surface area (Å²) >= 11 is 11.8. The topological polar surface area (TPSA) is 64.6 Å². The van der Waals surface area contributed by atoms with Crippen LogP contribution in [0, 0.1) is 0 Å². The summed E-state index contributed by atoms with van der Waals surface area (Å²) in [7, 11) is 1.31. The van der Waals surface area contributed by atoms with Crippen molar-refractivity contribution in [2.24, 2.45) is 0 Å². The summed E-state index contributed by atoms with van der Waals surface area (Å²) in [5.74, 6) is -0.160. The van der Waals surface area contributed by atoms with Crippen molar-refractivity contribution in [1.29, 1.82) is 0 Å². The number of nitrogens with one attached hydrogen (secondary N) is 1. The highest BCUT2D eigenvalue weighted by atomic mass is 35.5. The summed E-state index contributed by atoms with van der Waals surface area (Å²) in [6.45, 7) is 1.93. The van der Waals surface area contributed by atoms with E-state index in [1.807, 2.05) is 0 Å². The third-order valence-corrected chi connectivity index (χ3v) is 3.62. The van der Waals surface area contributed by atoms with Crippen LogP contribution in [0.4, 0.5) is 0 Å². The first-order valence-corrected chi connectivity index (χ1v) is 7.23. The zero-order valence-corrected chi connectivity index (χ0v) is 13.1. The van der Waals surface area contributed by atoms with E-state index in [2.05, 4.69) is 10.1 Å². The number of rotatable bonds is 4. The maximum atomic E-state index is 11.5. The van der Waals surface area contributed by atoms with Gasteiger partial charge in [-0.15, -0.1) is 11.6 Å². The van der Waals surface area contributed by atoms with Gasteiger partial charge in [-0.2, -0.15) is 0 Å². The molecular weight excluding hydrogens is 317 g/mol. The SMILES string of the molecule is COC(=O)c1cc(Cl)c2c(c1)CC(CNC(=O)C(C)Cl)O2. The van der Waals surface area contributed by atoms with Gasteiger partial charge in [-0.1, -0.05) is 11.6 Å². The van der Waals surface area contributed by atoms with Gasteiger partial charge in [0.1, 0.15) is 17.2 Å². The van der Waals surface area contributed by atoms with E-state index in [1.165, 1.54) is 13.2 Å². The highest BCUT2D eigenvalue weighted by Gasteiger charge is 2.27. The lowest BCUT2D eigenvalue weighted by Crippen LogP contribution is -2.37. The van der Waals surface area contributed by atoms with E-state index in [0.29, 0.717) is 29.3 Å². The molecule has 1 N–H and O–H groups in total. The molecule has 5 nitrogen and oxygen atoms in total. The van der Waals surface area contributed by atoms with E-state index in [4.69, 9.17) is 27.9 Å². The fraction of sp³-hybridized carbons (Fsp3) is 0.429. The van der Waals surface area contributed by atoms with E-state index < -0.39 is 11.3 Å². The number of alkyl halides is 1. The highest BCUT2D eigenvalue weighted by Crippen LogP contribution is 2.37. The van der Waals surface area contributed by atoms with Gasteiger partial charge in [0.2, 0.25) is 5.91 Å². The van der Waals surface area contributed by atoms with Crippen molar-refractivity contribution in [2.45, 2.75) is 24.8 Å². The molecule has 1 aliphatic rings. The summed E-state index contributed by atoms with van der Waals surface area (Å²) in [6, 6.07) is 3.20. The van der Waals surface area contributed by atoms with Crippen molar-refractivity contribution in [3.63, 3.8) is 0 Å². The minimum absolute atomic E-state index is 0.232. The fourth-order valence-corrected chi connectivity index (χ4v) is 2.45. The number of fused-ring (bicyclic) bond motifs is 1. The smallest absolute Gasteiger partial charge is 0.337 e. The van der Waals surface area contributed by atoms with Gasteiger partial charge in [0.15, 0.2) is 0 Å². The molecule has 0 aromatic heterocycles. The minimum Gasteiger partial charge on any atom is -0.486 e. The average molecular weight is 332 g/mol.